The average molecular weight is 527 g/mol. The summed E-state index contributed by atoms with van der Waals surface area (Å²) in [6.45, 7) is 2.21. The van der Waals surface area contributed by atoms with Gasteiger partial charge in [0.2, 0.25) is 0 Å². The first-order chi connectivity index (χ1) is 8.63. The van der Waals surface area contributed by atoms with E-state index in [1.165, 1.54) is 43.0 Å². The Morgan fingerprint density at radius 1 is 1.24 bits per heavy atom. The molecule has 2 nitrogen and oxygen atoms in total. The molecule has 0 aliphatic heterocycles. The number of nitrogens with two attached hydrogens (primary N) is 1. The van der Waals surface area contributed by atoms with Crippen molar-refractivity contribution in [3.8, 4) is 0 Å². The largest absolute Gasteiger partial charge is 0.379 e. The van der Waals surface area contributed by atoms with Crippen LogP contribution in [0.15, 0.2) is 24.3 Å². The van der Waals surface area contributed by atoms with Crippen LogP contribution in [0.3, 0.4) is 0 Å². The summed E-state index contributed by atoms with van der Waals surface area (Å²) < 4.78 is 0. The Morgan fingerprint density at radius 2 is 1.90 bits per heavy atom. The van der Waals surface area contributed by atoms with Crippen molar-refractivity contribution in [2.24, 2.45) is 5.73 Å². The van der Waals surface area contributed by atoms with E-state index in [-0.39, 0.29) is 109 Å². The minimum absolute atomic E-state index is 0. The van der Waals surface area contributed by atoms with Crippen molar-refractivity contribution in [2.75, 3.05) is 0 Å². The molecule has 1 rings (SSSR count). The van der Waals surface area contributed by atoms with Crippen molar-refractivity contribution in [3.05, 3.63) is 29.8 Å². The molecule has 0 aliphatic carbocycles. The minimum atomic E-state index is 0. The fourth-order valence-corrected chi connectivity index (χ4v) is 2.84. The van der Waals surface area contributed by atoms with Crippen LogP contribution in [0.5, 0.6) is 0 Å². The number of unbranched alkanes of at least 4 members (excludes halogenated alkanes) is 3. The van der Waals surface area contributed by atoms with Crippen LogP contribution in [0.25, 0.3) is 0 Å². The van der Waals surface area contributed by atoms with Gasteiger partial charge < -0.3 is 5.73 Å². The molecule has 3 N–H and O–H groups in total. The number of nitrogens with one attached hydrogen (secondary N) is 1. The summed E-state index contributed by atoms with van der Waals surface area (Å²) in [6.07, 6.45) is 5.98. The van der Waals surface area contributed by atoms with Crippen LogP contribution >= 0.6 is 11.8 Å². The third-order valence-electron chi connectivity index (χ3n) is 2.87. The Labute approximate surface area is 210 Å². The standard InChI is InChI=1S/C14H21BN2S.3Y/c1-2-3-4-5-9-13(18-14(16)17)11-7-6-8-12(15)10-11;;;/h6-8,10,13H,2-5,9H2,1H3,(H3,16,17);;;. The average Bonchev–Trinajstić information content (AvgIpc) is 2.32. The summed E-state index contributed by atoms with van der Waals surface area (Å²) in [4.78, 5) is 0. The van der Waals surface area contributed by atoms with Crippen molar-refractivity contribution >= 4 is 30.2 Å². The van der Waals surface area contributed by atoms with Gasteiger partial charge in [-0.05, 0) is 12.0 Å². The molecule has 5 radical (unpaired) electrons. The smallest absolute Gasteiger partial charge is 0.151 e. The Balaban J connectivity index is -0.00000108. The van der Waals surface area contributed by atoms with Crippen LogP contribution in [0.2, 0.25) is 0 Å². The molecule has 0 heterocycles. The molecule has 0 bridgehead atoms. The van der Waals surface area contributed by atoms with Gasteiger partial charge in [-0.25, -0.2) is 0 Å². The Morgan fingerprint density at radius 3 is 2.43 bits per heavy atom. The molecule has 0 aromatic heterocycles. The number of rotatable bonds is 7. The van der Waals surface area contributed by atoms with Crippen LogP contribution in [-0.4, -0.2) is 13.0 Å². The van der Waals surface area contributed by atoms with Crippen LogP contribution in [0.1, 0.15) is 49.8 Å². The second-order valence-corrected chi connectivity index (χ2v) is 5.73. The zero-order valence-corrected chi connectivity index (χ0v) is 22.0. The molecule has 0 saturated carbocycles. The number of benzene rings is 1. The second-order valence-electron chi connectivity index (χ2n) is 4.49. The zero-order valence-electron chi connectivity index (χ0n) is 12.7. The summed E-state index contributed by atoms with van der Waals surface area (Å²) in [5.41, 5.74) is 7.46. The minimum Gasteiger partial charge on any atom is -0.379 e. The van der Waals surface area contributed by atoms with Gasteiger partial charge >= 0.3 is 0 Å². The van der Waals surface area contributed by atoms with E-state index in [9.17, 15) is 0 Å². The summed E-state index contributed by atoms with van der Waals surface area (Å²) in [5, 5.41) is 7.89. The van der Waals surface area contributed by atoms with Gasteiger partial charge in [-0.3, -0.25) is 5.41 Å². The topological polar surface area (TPSA) is 49.9 Å². The number of hydrogen-bond donors (Lipinski definition) is 2. The van der Waals surface area contributed by atoms with Gasteiger partial charge in [0.05, 0.1) is 0 Å². The molecule has 1 atom stereocenters. The molecule has 105 valence electrons. The summed E-state index contributed by atoms with van der Waals surface area (Å²) in [5.74, 6) is 0. The van der Waals surface area contributed by atoms with E-state index in [4.69, 9.17) is 19.0 Å². The monoisotopic (exact) mass is 527 g/mol. The molecular formula is C14H21BN2SY3. The van der Waals surface area contributed by atoms with Gasteiger partial charge in [0, 0.05) is 103 Å². The van der Waals surface area contributed by atoms with Crippen molar-refractivity contribution in [3.63, 3.8) is 0 Å². The van der Waals surface area contributed by atoms with Crippen molar-refractivity contribution in [1.82, 2.24) is 0 Å². The van der Waals surface area contributed by atoms with E-state index in [2.05, 4.69) is 13.0 Å². The van der Waals surface area contributed by atoms with E-state index in [1.807, 2.05) is 18.2 Å². The molecule has 21 heavy (non-hydrogen) atoms. The van der Waals surface area contributed by atoms with Gasteiger partial charge in [-0.2, -0.15) is 0 Å². The predicted octanol–water partition coefficient (Wildman–Crippen LogP) is 3.11. The fraction of sp³-hybridized carbons (Fsp3) is 0.500. The molecule has 1 aromatic carbocycles. The molecule has 0 fully saturated rings. The third kappa shape index (κ3) is 13.4. The number of hydrogen-bond acceptors (Lipinski definition) is 2. The molecule has 0 spiro atoms. The molecular weight excluding hydrogens is 506 g/mol. The fourth-order valence-electron chi connectivity index (χ4n) is 1.96. The van der Waals surface area contributed by atoms with Crippen LogP contribution in [0, 0.1) is 5.41 Å². The van der Waals surface area contributed by atoms with E-state index >= 15 is 0 Å². The van der Waals surface area contributed by atoms with Crippen LogP contribution < -0.4 is 11.2 Å². The zero-order chi connectivity index (χ0) is 13.4. The maximum atomic E-state index is 7.45. The number of amidine groups is 1. The third-order valence-corrected chi connectivity index (χ3v) is 3.92. The maximum Gasteiger partial charge on any atom is 0.151 e. The second kappa shape index (κ2) is 17.2. The van der Waals surface area contributed by atoms with Crippen LogP contribution in [-0.2, 0) is 98.1 Å². The molecule has 0 aliphatic rings. The van der Waals surface area contributed by atoms with Gasteiger partial charge in [-0.1, -0.05) is 74.1 Å². The van der Waals surface area contributed by atoms with Crippen molar-refractivity contribution in [1.29, 1.82) is 5.41 Å². The van der Waals surface area contributed by atoms with Gasteiger partial charge in [0.25, 0.3) is 0 Å². The molecule has 1 unspecified atom stereocenters. The van der Waals surface area contributed by atoms with Gasteiger partial charge in [0.15, 0.2) is 5.17 Å². The first-order valence-corrected chi connectivity index (χ1v) is 7.37. The predicted molar refractivity (Wildman–Crippen MR) is 82.8 cm³/mol. The Kier molecular flexibility index (Phi) is 23.2. The Hall–Kier alpha value is 2.42. The van der Waals surface area contributed by atoms with Crippen molar-refractivity contribution < 1.29 is 98.1 Å². The quantitative estimate of drug-likeness (QED) is 0.248. The Bertz CT molecular complexity index is 394. The van der Waals surface area contributed by atoms with E-state index in [0.717, 1.165) is 11.9 Å². The molecule has 0 amide bonds. The van der Waals surface area contributed by atoms with Gasteiger partial charge in [0.1, 0.15) is 7.85 Å². The summed E-state index contributed by atoms with van der Waals surface area (Å²) >= 11 is 1.42. The SMILES string of the molecule is [B]c1cccc(C(CCCCCC)SC(=N)N)c1.[Y].[Y].[Y]. The maximum absolute atomic E-state index is 7.45. The number of thioether (sulfide) groups is 1. The molecule has 7 heteroatoms. The van der Waals surface area contributed by atoms with E-state index in [0.29, 0.717) is 0 Å². The first-order valence-electron chi connectivity index (χ1n) is 6.49. The summed E-state index contributed by atoms with van der Waals surface area (Å²) in [6, 6.07) is 7.90. The van der Waals surface area contributed by atoms with E-state index < -0.39 is 0 Å². The first kappa shape index (κ1) is 28.2. The van der Waals surface area contributed by atoms with Gasteiger partial charge in [-0.15, -0.1) is 0 Å². The normalized spacial score (nSPS) is 10.5. The van der Waals surface area contributed by atoms with Crippen molar-refractivity contribution in [2.45, 2.75) is 44.3 Å². The molecule has 1 aromatic rings. The molecule has 0 saturated heterocycles. The summed E-state index contributed by atoms with van der Waals surface area (Å²) in [7, 11) is 5.81. The van der Waals surface area contributed by atoms with E-state index in [1.54, 1.807) is 0 Å². The van der Waals surface area contributed by atoms with Crippen LogP contribution in [0.4, 0.5) is 0 Å².